The Hall–Kier alpha value is -1.80. The quantitative estimate of drug-likeness (QED) is 0.768. The normalized spacial score (nSPS) is 10.5. The van der Waals surface area contributed by atoms with Gasteiger partial charge >= 0.3 is 0 Å². The molecule has 0 aliphatic heterocycles. The van der Waals surface area contributed by atoms with Crippen molar-refractivity contribution in [3.63, 3.8) is 0 Å². The van der Waals surface area contributed by atoms with Crippen LogP contribution in [0.1, 0.15) is 24.5 Å². The van der Waals surface area contributed by atoms with Crippen LogP contribution in [-0.2, 0) is 13.1 Å². The molecular formula is C18H24N2. The van der Waals surface area contributed by atoms with E-state index >= 15 is 0 Å². The van der Waals surface area contributed by atoms with Gasteiger partial charge in [0.2, 0.25) is 0 Å². The Labute approximate surface area is 122 Å². The molecule has 0 saturated heterocycles. The van der Waals surface area contributed by atoms with E-state index in [1.165, 1.54) is 23.2 Å². The second kappa shape index (κ2) is 7.71. The Morgan fingerprint density at radius 2 is 1.55 bits per heavy atom. The zero-order valence-electron chi connectivity index (χ0n) is 12.5. The number of para-hydroxylation sites is 1. The van der Waals surface area contributed by atoms with Crippen LogP contribution in [0.5, 0.6) is 0 Å². The Morgan fingerprint density at radius 3 is 2.25 bits per heavy atom. The van der Waals surface area contributed by atoms with Crippen LogP contribution in [0.2, 0.25) is 0 Å². The molecule has 2 rings (SSSR count). The summed E-state index contributed by atoms with van der Waals surface area (Å²) in [5, 5.41) is 3.49. The fraction of sp³-hybridized carbons (Fsp3) is 0.333. The molecule has 0 unspecified atom stereocenters. The van der Waals surface area contributed by atoms with Gasteiger partial charge in [0.1, 0.15) is 0 Å². The first-order valence-corrected chi connectivity index (χ1v) is 7.35. The van der Waals surface area contributed by atoms with Crippen LogP contribution in [0, 0.1) is 0 Å². The van der Waals surface area contributed by atoms with E-state index in [2.05, 4.69) is 78.8 Å². The van der Waals surface area contributed by atoms with Gasteiger partial charge in [0.25, 0.3) is 0 Å². The lowest BCUT2D eigenvalue weighted by Gasteiger charge is -2.21. The summed E-state index contributed by atoms with van der Waals surface area (Å²) in [5.74, 6) is 0. The van der Waals surface area contributed by atoms with Crippen LogP contribution in [0.25, 0.3) is 0 Å². The van der Waals surface area contributed by atoms with Gasteiger partial charge in [-0.05, 0) is 36.2 Å². The number of nitrogens with zero attached hydrogens (tertiary/aromatic N) is 1. The fourth-order valence-corrected chi connectivity index (χ4v) is 2.31. The van der Waals surface area contributed by atoms with Crippen molar-refractivity contribution in [1.82, 2.24) is 5.32 Å². The summed E-state index contributed by atoms with van der Waals surface area (Å²) in [6.07, 6.45) is 1.17. The first-order chi connectivity index (χ1) is 9.81. The Balaban J connectivity index is 2.05. The van der Waals surface area contributed by atoms with Crippen LogP contribution in [0.15, 0.2) is 54.6 Å². The van der Waals surface area contributed by atoms with Crippen molar-refractivity contribution < 1.29 is 0 Å². The molecule has 0 aliphatic rings. The van der Waals surface area contributed by atoms with Gasteiger partial charge in [-0.3, -0.25) is 0 Å². The summed E-state index contributed by atoms with van der Waals surface area (Å²) in [6, 6.07) is 19.2. The second-order valence-electron chi connectivity index (χ2n) is 5.14. The SMILES string of the molecule is CCCNCc1ccccc1CN(C)c1ccccc1. The van der Waals surface area contributed by atoms with Crippen LogP contribution < -0.4 is 10.2 Å². The Bertz CT molecular complexity index is 508. The first kappa shape index (κ1) is 14.6. The molecule has 0 saturated carbocycles. The van der Waals surface area contributed by atoms with Crippen molar-refractivity contribution in [2.75, 3.05) is 18.5 Å². The molecule has 0 atom stereocenters. The molecule has 0 aliphatic carbocycles. The van der Waals surface area contributed by atoms with Crippen LogP contribution >= 0.6 is 0 Å². The Morgan fingerprint density at radius 1 is 0.900 bits per heavy atom. The van der Waals surface area contributed by atoms with Crippen molar-refractivity contribution >= 4 is 5.69 Å². The lowest BCUT2D eigenvalue weighted by atomic mass is 10.1. The number of hydrogen-bond donors (Lipinski definition) is 1. The first-order valence-electron chi connectivity index (χ1n) is 7.35. The van der Waals surface area contributed by atoms with E-state index in [1.54, 1.807) is 0 Å². The number of rotatable bonds is 7. The van der Waals surface area contributed by atoms with Gasteiger partial charge in [0.05, 0.1) is 0 Å². The third kappa shape index (κ3) is 4.10. The smallest absolute Gasteiger partial charge is 0.0429 e. The van der Waals surface area contributed by atoms with E-state index in [0.29, 0.717) is 0 Å². The minimum Gasteiger partial charge on any atom is -0.370 e. The van der Waals surface area contributed by atoms with Crippen LogP contribution in [0.3, 0.4) is 0 Å². The highest BCUT2D eigenvalue weighted by molar-refractivity contribution is 5.46. The monoisotopic (exact) mass is 268 g/mol. The van der Waals surface area contributed by atoms with E-state index in [9.17, 15) is 0 Å². The van der Waals surface area contributed by atoms with Gasteiger partial charge in [-0.1, -0.05) is 49.4 Å². The predicted molar refractivity (Wildman–Crippen MR) is 87.0 cm³/mol. The van der Waals surface area contributed by atoms with Crippen LogP contribution in [0.4, 0.5) is 5.69 Å². The largest absolute Gasteiger partial charge is 0.370 e. The zero-order valence-corrected chi connectivity index (χ0v) is 12.5. The third-order valence-corrected chi connectivity index (χ3v) is 3.47. The topological polar surface area (TPSA) is 15.3 Å². The highest BCUT2D eigenvalue weighted by atomic mass is 15.1. The summed E-state index contributed by atoms with van der Waals surface area (Å²) < 4.78 is 0. The second-order valence-corrected chi connectivity index (χ2v) is 5.14. The average Bonchev–Trinajstić information content (AvgIpc) is 2.50. The molecule has 0 aromatic heterocycles. The van der Waals surface area contributed by atoms with Crippen LogP contribution in [-0.4, -0.2) is 13.6 Å². The van der Waals surface area contributed by atoms with E-state index in [1.807, 2.05) is 0 Å². The van der Waals surface area contributed by atoms with Crippen molar-refractivity contribution in [2.24, 2.45) is 0 Å². The Kier molecular flexibility index (Phi) is 5.63. The predicted octanol–water partition coefficient (Wildman–Crippen LogP) is 3.82. The lowest BCUT2D eigenvalue weighted by Crippen LogP contribution is -2.20. The lowest BCUT2D eigenvalue weighted by molar-refractivity contribution is 0.670. The van der Waals surface area contributed by atoms with E-state index in [-0.39, 0.29) is 0 Å². The van der Waals surface area contributed by atoms with Gasteiger partial charge in [-0.2, -0.15) is 0 Å². The molecule has 0 fully saturated rings. The molecule has 2 aromatic rings. The number of anilines is 1. The fourth-order valence-electron chi connectivity index (χ4n) is 2.31. The molecule has 0 bridgehead atoms. The minimum atomic E-state index is 0.938. The highest BCUT2D eigenvalue weighted by Crippen LogP contribution is 2.17. The summed E-state index contributed by atoms with van der Waals surface area (Å²) >= 11 is 0. The maximum Gasteiger partial charge on any atom is 0.0429 e. The molecule has 2 heteroatoms. The molecule has 1 N–H and O–H groups in total. The molecule has 2 aromatic carbocycles. The van der Waals surface area contributed by atoms with Gasteiger partial charge in [0, 0.05) is 25.8 Å². The molecule has 0 amide bonds. The summed E-state index contributed by atoms with van der Waals surface area (Å²) in [7, 11) is 2.14. The number of benzene rings is 2. The maximum absolute atomic E-state index is 3.49. The zero-order chi connectivity index (χ0) is 14.2. The van der Waals surface area contributed by atoms with E-state index in [0.717, 1.165) is 19.6 Å². The molecular weight excluding hydrogens is 244 g/mol. The standard InChI is InChI=1S/C18H24N2/c1-3-13-19-14-16-9-7-8-10-17(16)15-20(2)18-11-5-4-6-12-18/h4-12,19H,3,13-15H2,1-2H3. The average molecular weight is 268 g/mol. The molecule has 0 spiro atoms. The van der Waals surface area contributed by atoms with Crippen molar-refractivity contribution in [2.45, 2.75) is 26.4 Å². The van der Waals surface area contributed by atoms with Gasteiger partial charge in [-0.25, -0.2) is 0 Å². The number of nitrogens with one attached hydrogen (secondary N) is 1. The van der Waals surface area contributed by atoms with E-state index < -0.39 is 0 Å². The highest BCUT2D eigenvalue weighted by Gasteiger charge is 2.05. The van der Waals surface area contributed by atoms with Crippen molar-refractivity contribution in [3.05, 3.63) is 65.7 Å². The molecule has 20 heavy (non-hydrogen) atoms. The number of hydrogen-bond acceptors (Lipinski definition) is 2. The maximum atomic E-state index is 3.49. The van der Waals surface area contributed by atoms with Gasteiger partial charge < -0.3 is 10.2 Å². The molecule has 106 valence electrons. The van der Waals surface area contributed by atoms with Crippen molar-refractivity contribution in [1.29, 1.82) is 0 Å². The van der Waals surface area contributed by atoms with Crippen molar-refractivity contribution in [3.8, 4) is 0 Å². The molecule has 2 nitrogen and oxygen atoms in total. The molecule has 0 heterocycles. The molecule has 0 radical (unpaired) electrons. The summed E-state index contributed by atoms with van der Waals surface area (Å²) in [6.45, 7) is 5.16. The van der Waals surface area contributed by atoms with Gasteiger partial charge in [0.15, 0.2) is 0 Å². The summed E-state index contributed by atoms with van der Waals surface area (Å²) in [5.41, 5.74) is 4.04. The minimum absolute atomic E-state index is 0.938. The van der Waals surface area contributed by atoms with Gasteiger partial charge in [-0.15, -0.1) is 0 Å². The van der Waals surface area contributed by atoms with E-state index in [4.69, 9.17) is 0 Å². The summed E-state index contributed by atoms with van der Waals surface area (Å²) in [4.78, 5) is 2.29. The third-order valence-electron chi connectivity index (χ3n) is 3.47.